The Morgan fingerprint density at radius 1 is 1.43 bits per heavy atom. The van der Waals surface area contributed by atoms with E-state index in [0.29, 0.717) is 6.54 Å². The number of nitrogens with one attached hydrogen (secondary N) is 1. The maximum absolute atomic E-state index is 12.6. The van der Waals surface area contributed by atoms with Crippen molar-refractivity contribution in [3.8, 4) is 0 Å². The summed E-state index contributed by atoms with van der Waals surface area (Å²) in [5.74, 6) is 1.01. The van der Waals surface area contributed by atoms with Crippen LogP contribution in [0.25, 0.3) is 0 Å². The molecule has 1 saturated heterocycles. The molecule has 1 atom stereocenters. The summed E-state index contributed by atoms with van der Waals surface area (Å²) in [6.07, 6.45) is 3.77. The number of imidazole rings is 1. The summed E-state index contributed by atoms with van der Waals surface area (Å²) in [6.45, 7) is 7.39. The van der Waals surface area contributed by atoms with Crippen LogP contribution >= 0.6 is 11.3 Å². The van der Waals surface area contributed by atoms with E-state index in [9.17, 15) is 4.79 Å². The number of likely N-dealkylation sites (N-methyl/N-ethyl adjacent to an activating group) is 1. The van der Waals surface area contributed by atoms with E-state index in [0.717, 1.165) is 36.7 Å². The Hall–Kier alpha value is -1.86. The number of rotatable bonds is 3. The van der Waals surface area contributed by atoms with Gasteiger partial charge in [-0.1, -0.05) is 6.92 Å². The highest BCUT2D eigenvalue weighted by atomic mass is 32.1. The van der Waals surface area contributed by atoms with Crippen molar-refractivity contribution >= 4 is 23.1 Å². The predicted molar refractivity (Wildman–Crippen MR) is 92.8 cm³/mol. The van der Waals surface area contributed by atoms with Crippen LogP contribution < -0.4 is 5.32 Å². The molecule has 1 aliphatic rings. The molecule has 0 spiro atoms. The third-order valence-electron chi connectivity index (χ3n) is 4.44. The lowest BCUT2D eigenvalue weighted by Crippen LogP contribution is -2.52. The van der Waals surface area contributed by atoms with Crippen LogP contribution in [0.4, 0.5) is 10.5 Å². The first-order chi connectivity index (χ1) is 11.1. The summed E-state index contributed by atoms with van der Waals surface area (Å²) in [5, 5.41) is 7.05. The Kier molecular flexibility index (Phi) is 4.68. The van der Waals surface area contributed by atoms with Crippen molar-refractivity contribution in [3.63, 3.8) is 0 Å². The molecule has 124 valence electrons. The van der Waals surface area contributed by atoms with Gasteiger partial charge in [-0.05, 0) is 24.4 Å². The number of thiophene rings is 1. The summed E-state index contributed by atoms with van der Waals surface area (Å²) >= 11 is 1.60. The van der Waals surface area contributed by atoms with Crippen molar-refractivity contribution in [2.45, 2.75) is 19.9 Å². The number of anilines is 1. The fraction of sp³-hybridized carbons (Fsp3) is 0.500. The lowest BCUT2D eigenvalue weighted by atomic mass is 10.1. The lowest BCUT2D eigenvalue weighted by molar-refractivity contribution is 0.0927. The Morgan fingerprint density at radius 3 is 2.87 bits per heavy atom. The summed E-state index contributed by atoms with van der Waals surface area (Å²) in [5.41, 5.74) is 2.02. The van der Waals surface area contributed by atoms with Gasteiger partial charge in [0.1, 0.15) is 5.82 Å². The number of aromatic nitrogens is 2. The molecule has 7 heteroatoms. The molecule has 0 bridgehead atoms. The number of hydrogen-bond acceptors (Lipinski definition) is 4. The molecule has 0 unspecified atom stereocenters. The fourth-order valence-corrected chi connectivity index (χ4v) is 3.79. The number of aryl methyl sites for hydroxylation is 2. The van der Waals surface area contributed by atoms with E-state index in [1.54, 1.807) is 11.3 Å². The largest absolute Gasteiger partial charge is 0.337 e. The van der Waals surface area contributed by atoms with Gasteiger partial charge in [-0.2, -0.15) is 0 Å². The summed E-state index contributed by atoms with van der Waals surface area (Å²) in [6, 6.07) is 0.115. The Bertz CT molecular complexity index is 680. The first-order valence-corrected chi connectivity index (χ1v) is 8.84. The van der Waals surface area contributed by atoms with Crippen molar-refractivity contribution in [3.05, 3.63) is 34.5 Å². The molecule has 0 saturated carbocycles. The number of urea groups is 1. The highest BCUT2D eigenvalue weighted by Gasteiger charge is 2.32. The number of carbonyl (C=O) groups excluding carboxylic acids is 1. The molecule has 2 amide bonds. The fourth-order valence-electron chi connectivity index (χ4n) is 3.01. The van der Waals surface area contributed by atoms with Gasteiger partial charge >= 0.3 is 6.03 Å². The average molecular weight is 333 g/mol. The maximum atomic E-state index is 12.6. The van der Waals surface area contributed by atoms with Gasteiger partial charge in [0.05, 0.1) is 11.7 Å². The SMILES string of the molecule is CCN1CCN(C(=O)Nc2cscc2C)C[C@H]1c1nccn1C. The molecule has 0 aliphatic carbocycles. The quantitative estimate of drug-likeness (QED) is 0.939. The van der Waals surface area contributed by atoms with Crippen molar-refractivity contribution in [1.29, 1.82) is 0 Å². The molecule has 1 aliphatic heterocycles. The summed E-state index contributed by atoms with van der Waals surface area (Å²) < 4.78 is 2.04. The first kappa shape index (κ1) is 16.0. The average Bonchev–Trinajstić information content (AvgIpc) is 3.15. The zero-order chi connectivity index (χ0) is 16.4. The molecule has 23 heavy (non-hydrogen) atoms. The number of amides is 2. The molecule has 0 radical (unpaired) electrons. The summed E-state index contributed by atoms with van der Waals surface area (Å²) in [7, 11) is 2.00. The van der Waals surface area contributed by atoms with Crippen LogP contribution in [-0.2, 0) is 7.05 Å². The van der Waals surface area contributed by atoms with Gasteiger partial charge in [0.25, 0.3) is 0 Å². The van der Waals surface area contributed by atoms with Gasteiger partial charge in [-0.25, -0.2) is 9.78 Å². The van der Waals surface area contributed by atoms with E-state index in [1.165, 1.54) is 0 Å². The minimum Gasteiger partial charge on any atom is -0.337 e. The minimum atomic E-state index is -0.0264. The first-order valence-electron chi connectivity index (χ1n) is 7.90. The van der Waals surface area contributed by atoms with Gasteiger partial charge in [0.2, 0.25) is 0 Å². The third kappa shape index (κ3) is 3.25. The topological polar surface area (TPSA) is 53.4 Å². The van der Waals surface area contributed by atoms with Gasteiger partial charge in [-0.15, -0.1) is 11.3 Å². The number of carbonyl (C=O) groups is 1. The van der Waals surface area contributed by atoms with E-state index in [1.807, 2.05) is 46.6 Å². The van der Waals surface area contributed by atoms with E-state index in [2.05, 4.69) is 22.1 Å². The highest BCUT2D eigenvalue weighted by Crippen LogP contribution is 2.25. The van der Waals surface area contributed by atoms with E-state index < -0.39 is 0 Å². The van der Waals surface area contributed by atoms with Crippen molar-refractivity contribution in [2.75, 3.05) is 31.5 Å². The second-order valence-corrected chi connectivity index (χ2v) is 6.63. The molecule has 0 aromatic carbocycles. The Morgan fingerprint density at radius 2 is 2.26 bits per heavy atom. The normalized spacial score (nSPS) is 19.1. The molecule has 3 rings (SSSR count). The molecule has 1 fully saturated rings. The molecule has 6 nitrogen and oxygen atoms in total. The third-order valence-corrected chi connectivity index (χ3v) is 5.30. The molecular formula is C16H23N5OS. The maximum Gasteiger partial charge on any atom is 0.321 e. The van der Waals surface area contributed by atoms with E-state index >= 15 is 0 Å². The van der Waals surface area contributed by atoms with Gasteiger partial charge < -0.3 is 14.8 Å². The van der Waals surface area contributed by atoms with E-state index in [4.69, 9.17) is 0 Å². The Balaban J connectivity index is 1.73. The van der Waals surface area contributed by atoms with Crippen LogP contribution in [0, 0.1) is 6.92 Å². The van der Waals surface area contributed by atoms with Crippen molar-refractivity contribution in [2.24, 2.45) is 7.05 Å². The molecule has 2 aromatic rings. The lowest BCUT2D eigenvalue weighted by Gasteiger charge is -2.40. The standard InChI is InChI=1S/C16H23N5OS/c1-4-20-7-8-21(9-14(20)15-17-5-6-19(15)3)16(22)18-13-11-23-10-12(13)2/h5-6,10-11,14H,4,7-9H2,1-3H3,(H,18,22)/t14-/m0/s1. The van der Waals surface area contributed by atoms with E-state index in [-0.39, 0.29) is 12.1 Å². The van der Waals surface area contributed by atoms with Crippen molar-refractivity contribution < 1.29 is 4.79 Å². The second kappa shape index (κ2) is 6.72. The predicted octanol–water partition coefficient (Wildman–Crippen LogP) is 2.70. The monoisotopic (exact) mass is 333 g/mol. The molecular weight excluding hydrogens is 310 g/mol. The summed E-state index contributed by atoms with van der Waals surface area (Å²) in [4.78, 5) is 21.3. The number of piperazine rings is 1. The zero-order valence-electron chi connectivity index (χ0n) is 13.8. The number of hydrogen-bond donors (Lipinski definition) is 1. The van der Waals surface area contributed by atoms with Gasteiger partial charge in [-0.3, -0.25) is 4.90 Å². The number of nitrogens with zero attached hydrogens (tertiary/aromatic N) is 4. The smallest absolute Gasteiger partial charge is 0.321 e. The Labute approximate surface area is 140 Å². The molecule has 2 aromatic heterocycles. The second-order valence-electron chi connectivity index (χ2n) is 5.89. The van der Waals surface area contributed by atoms with Gasteiger partial charge in [0, 0.05) is 44.5 Å². The van der Waals surface area contributed by atoms with Crippen LogP contribution in [-0.4, -0.2) is 51.6 Å². The minimum absolute atomic E-state index is 0.0264. The van der Waals surface area contributed by atoms with Gasteiger partial charge in [0.15, 0.2) is 0 Å². The molecule has 3 heterocycles. The van der Waals surface area contributed by atoms with Crippen LogP contribution in [0.15, 0.2) is 23.2 Å². The highest BCUT2D eigenvalue weighted by molar-refractivity contribution is 7.08. The van der Waals surface area contributed by atoms with Crippen LogP contribution in [0.3, 0.4) is 0 Å². The van der Waals surface area contributed by atoms with Crippen LogP contribution in [0.5, 0.6) is 0 Å². The van der Waals surface area contributed by atoms with Crippen LogP contribution in [0.2, 0.25) is 0 Å². The molecule has 1 N–H and O–H groups in total. The van der Waals surface area contributed by atoms with Crippen LogP contribution in [0.1, 0.15) is 24.4 Å². The van der Waals surface area contributed by atoms with Crippen molar-refractivity contribution in [1.82, 2.24) is 19.4 Å². The zero-order valence-corrected chi connectivity index (χ0v) is 14.6.